The van der Waals surface area contributed by atoms with E-state index in [1.165, 1.54) is 0 Å². The molecule has 0 aliphatic heterocycles. The Labute approximate surface area is 116 Å². The van der Waals surface area contributed by atoms with Crippen LogP contribution in [0.1, 0.15) is 18.8 Å². The van der Waals surface area contributed by atoms with E-state index < -0.39 is 0 Å². The molecule has 6 nitrogen and oxygen atoms in total. The quantitative estimate of drug-likeness (QED) is 0.711. The minimum absolute atomic E-state index is 0.0366. The van der Waals surface area contributed by atoms with Gasteiger partial charge in [0.15, 0.2) is 5.82 Å². The standard InChI is InChI=1S/C14H16N6/c1-9(14-19-17-8-20(14)2)18-12-6-7-16-13-10(12)4-3-5-11(13)15/h3-9H,15H2,1-2H3,(H,16,18). The third kappa shape index (κ3) is 2.05. The van der Waals surface area contributed by atoms with Crippen LogP contribution in [0.25, 0.3) is 10.9 Å². The summed E-state index contributed by atoms with van der Waals surface area (Å²) in [7, 11) is 1.93. The highest BCUT2D eigenvalue weighted by Crippen LogP contribution is 2.27. The van der Waals surface area contributed by atoms with Gasteiger partial charge in [0.2, 0.25) is 0 Å². The lowest BCUT2D eigenvalue weighted by Crippen LogP contribution is -2.12. The zero-order chi connectivity index (χ0) is 14.1. The fourth-order valence-electron chi connectivity index (χ4n) is 2.31. The maximum absolute atomic E-state index is 5.96. The molecule has 0 fully saturated rings. The fraction of sp³-hybridized carbons (Fsp3) is 0.214. The summed E-state index contributed by atoms with van der Waals surface area (Å²) < 4.78 is 1.90. The second-order valence-corrected chi connectivity index (χ2v) is 4.77. The summed E-state index contributed by atoms with van der Waals surface area (Å²) in [5.74, 6) is 0.874. The first-order chi connectivity index (χ1) is 9.66. The molecule has 3 rings (SSSR count). The molecule has 6 heteroatoms. The van der Waals surface area contributed by atoms with Gasteiger partial charge in [-0.15, -0.1) is 10.2 Å². The largest absolute Gasteiger partial charge is 0.397 e. The zero-order valence-electron chi connectivity index (χ0n) is 11.4. The fourth-order valence-corrected chi connectivity index (χ4v) is 2.31. The van der Waals surface area contributed by atoms with Crippen LogP contribution in [0, 0.1) is 0 Å². The molecule has 0 spiro atoms. The number of benzene rings is 1. The van der Waals surface area contributed by atoms with Crippen molar-refractivity contribution in [2.24, 2.45) is 7.05 Å². The third-order valence-corrected chi connectivity index (χ3v) is 3.31. The monoisotopic (exact) mass is 268 g/mol. The molecule has 0 bridgehead atoms. The number of para-hydroxylation sites is 1. The molecule has 20 heavy (non-hydrogen) atoms. The number of aromatic nitrogens is 4. The van der Waals surface area contributed by atoms with Gasteiger partial charge in [0.25, 0.3) is 0 Å². The van der Waals surface area contributed by atoms with E-state index in [4.69, 9.17) is 5.73 Å². The van der Waals surface area contributed by atoms with Crippen LogP contribution in [0.15, 0.2) is 36.8 Å². The molecule has 0 aliphatic carbocycles. The molecule has 2 aromatic heterocycles. The lowest BCUT2D eigenvalue weighted by Gasteiger charge is -2.16. The number of fused-ring (bicyclic) bond motifs is 1. The molecule has 3 aromatic rings. The first-order valence-electron chi connectivity index (χ1n) is 6.40. The van der Waals surface area contributed by atoms with Gasteiger partial charge < -0.3 is 15.6 Å². The van der Waals surface area contributed by atoms with Gasteiger partial charge in [0, 0.05) is 24.3 Å². The molecule has 0 amide bonds. The van der Waals surface area contributed by atoms with E-state index in [0.717, 1.165) is 22.4 Å². The molecule has 102 valence electrons. The number of hydrogen-bond acceptors (Lipinski definition) is 5. The van der Waals surface area contributed by atoms with Crippen LogP contribution in [0.3, 0.4) is 0 Å². The van der Waals surface area contributed by atoms with Crippen molar-refractivity contribution in [3.63, 3.8) is 0 Å². The van der Waals surface area contributed by atoms with E-state index in [2.05, 4.69) is 20.5 Å². The minimum Gasteiger partial charge on any atom is -0.397 e. The molecule has 0 saturated heterocycles. The molecule has 0 radical (unpaired) electrons. The van der Waals surface area contributed by atoms with Gasteiger partial charge >= 0.3 is 0 Å². The first kappa shape index (κ1) is 12.4. The van der Waals surface area contributed by atoms with Gasteiger partial charge in [-0.1, -0.05) is 12.1 Å². The second-order valence-electron chi connectivity index (χ2n) is 4.77. The van der Waals surface area contributed by atoms with Gasteiger partial charge in [-0.25, -0.2) is 0 Å². The second kappa shape index (κ2) is 4.80. The Hall–Kier alpha value is -2.63. The van der Waals surface area contributed by atoms with E-state index >= 15 is 0 Å². The van der Waals surface area contributed by atoms with Crippen LogP contribution in [0.5, 0.6) is 0 Å². The molecule has 1 atom stereocenters. The summed E-state index contributed by atoms with van der Waals surface area (Å²) in [5, 5.41) is 12.5. The van der Waals surface area contributed by atoms with Crippen LogP contribution in [-0.4, -0.2) is 19.7 Å². The van der Waals surface area contributed by atoms with Crippen LogP contribution < -0.4 is 11.1 Å². The molecule has 0 aliphatic rings. The van der Waals surface area contributed by atoms with Crippen LogP contribution in [-0.2, 0) is 7.05 Å². The number of pyridine rings is 1. The maximum Gasteiger partial charge on any atom is 0.154 e. The highest BCUT2D eigenvalue weighted by atomic mass is 15.3. The van der Waals surface area contributed by atoms with E-state index in [9.17, 15) is 0 Å². The predicted molar refractivity (Wildman–Crippen MR) is 79.2 cm³/mol. The van der Waals surface area contributed by atoms with Crippen LogP contribution in [0.2, 0.25) is 0 Å². The Kier molecular flexibility index (Phi) is 2.98. The first-order valence-corrected chi connectivity index (χ1v) is 6.40. The van der Waals surface area contributed by atoms with Gasteiger partial charge in [-0.05, 0) is 19.1 Å². The lowest BCUT2D eigenvalue weighted by atomic mass is 10.1. The number of hydrogen-bond donors (Lipinski definition) is 2. The summed E-state index contributed by atoms with van der Waals surface area (Å²) in [4.78, 5) is 4.33. The third-order valence-electron chi connectivity index (χ3n) is 3.31. The van der Waals surface area contributed by atoms with Gasteiger partial charge in [-0.3, -0.25) is 4.98 Å². The summed E-state index contributed by atoms with van der Waals surface area (Å²) in [6.07, 6.45) is 3.45. The number of nitrogens with two attached hydrogens (primary N) is 1. The number of anilines is 2. The van der Waals surface area contributed by atoms with E-state index in [-0.39, 0.29) is 6.04 Å². The Balaban J connectivity index is 1.99. The number of rotatable bonds is 3. The highest BCUT2D eigenvalue weighted by Gasteiger charge is 2.13. The van der Waals surface area contributed by atoms with Crippen molar-refractivity contribution in [2.45, 2.75) is 13.0 Å². The van der Waals surface area contributed by atoms with E-state index in [1.807, 2.05) is 42.8 Å². The normalized spacial score (nSPS) is 12.5. The maximum atomic E-state index is 5.96. The average molecular weight is 268 g/mol. The molecule has 1 aromatic carbocycles. The number of nitrogen functional groups attached to an aromatic ring is 1. The molecule has 2 heterocycles. The van der Waals surface area contributed by atoms with Gasteiger partial charge in [-0.2, -0.15) is 0 Å². The van der Waals surface area contributed by atoms with Crippen molar-refractivity contribution >= 4 is 22.3 Å². The van der Waals surface area contributed by atoms with Crippen molar-refractivity contribution in [3.05, 3.63) is 42.6 Å². The van der Waals surface area contributed by atoms with Crippen molar-refractivity contribution < 1.29 is 0 Å². The SMILES string of the molecule is CC(Nc1ccnc2c(N)cccc12)c1nncn1C. The molecule has 1 unspecified atom stereocenters. The Morgan fingerprint density at radius 3 is 2.90 bits per heavy atom. The van der Waals surface area contributed by atoms with E-state index in [0.29, 0.717) is 5.69 Å². The smallest absolute Gasteiger partial charge is 0.154 e. The Morgan fingerprint density at radius 2 is 2.15 bits per heavy atom. The minimum atomic E-state index is 0.0366. The molecule has 0 saturated carbocycles. The Morgan fingerprint density at radius 1 is 1.30 bits per heavy atom. The summed E-state index contributed by atoms with van der Waals surface area (Å²) >= 11 is 0. The number of nitrogens with one attached hydrogen (secondary N) is 1. The van der Waals surface area contributed by atoms with Gasteiger partial charge in [0.1, 0.15) is 6.33 Å². The van der Waals surface area contributed by atoms with Gasteiger partial charge in [0.05, 0.1) is 17.2 Å². The van der Waals surface area contributed by atoms with Crippen molar-refractivity contribution in [3.8, 4) is 0 Å². The zero-order valence-corrected chi connectivity index (χ0v) is 11.4. The van der Waals surface area contributed by atoms with Crippen molar-refractivity contribution in [1.82, 2.24) is 19.7 Å². The summed E-state index contributed by atoms with van der Waals surface area (Å²) in [6.45, 7) is 2.04. The van der Waals surface area contributed by atoms with Crippen LogP contribution in [0.4, 0.5) is 11.4 Å². The summed E-state index contributed by atoms with van der Waals surface area (Å²) in [5.41, 5.74) is 8.43. The average Bonchev–Trinajstić information content (AvgIpc) is 2.86. The molecular weight excluding hydrogens is 252 g/mol. The molecular formula is C14H16N6. The number of nitrogens with zero attached hydrogens (tertiary/aromatic N) is 4. The summed E-state index contributed by atoms with van der Waals surface area (Å²) in [6, 6.07) is 7.76. The lowest BCUT2D eigenvalue weighted by molar-refractivity contribution is 0.720. The van der Waals surface area contributed by atoms with Crippen molar-refractivity contribution in [1.29, 1.82) is 0 Å². The Bertz CT molecular complexity index is 748. The highest BCUT2D eigenvalue weighted by molar-refractivity contribution is 5.97. The van der Waals surface area contributed by atoms with Crippen molar-refractivity contribution in [2.75, 3.05) is 11.1 Å². The number of aryl methyl sites for hydroxylation is 1. The van der Waals surface area contributed by atoms with E-state index in [1.54, 1.807) is 12.5 Å². The topological polar surface area (TPSA) is 81.7 Å². The predicted octanol–water partition coefficient (Wildman–Crippen LogP) is 2.12. The van der Waals surface area contributed by atoms with Crippen LogP contribution >= 0.6 is 0 Å². The molecule has 3 N–H and O–H groups in total.